The predicted molar refractivity (Wildman–Crippen MR) is 67.0 cm³/mol. The molecule has 1 heterocycles. The first kappa shape index (κ1) is 11.0. The van der Waals surface area contributed by atoms with Gasteiger partial charge in [-0.3, -0.25) is 0 Å². The first-order valence-corrected chi connectivity index (χ1v) is 6.66. The highest BCUT2D eigenvalue weighted by atomic mass is 32.2. The molecule has 1 aliphatic rings. The average Bonchev–Trinajstić information content (AvgIpc) is 2.30. The fraction of sp³-hybridized carbons (Fsp3) is 0.500. The van der Waals surface area contributed by atoms with E-state index in [-0.39, 0.29) is 0 Å². The smallest absolute Gasteiger partial charge is 0.0415 e. The van der Waals surface area contributed by atoms with E-state index in [2.05, 4.69) is 29.6 Å². The monoisotopic (exact) mass is 222 g/mol. The van der Waals surface area contributed by atoms with Crippen molar-refractivity contribution >= 4 is 11.8 Å². The summed E-state index contributed by atoms with van der Waals surface area (Å²) in [5, 5.41) is 3.58. The number of nitrogens with one attached hydrogen (secondary N) is 1. The molecule has 1 aliphatic heterocycles. The second kappa shape index (κ2) is 5.54. The predicted octanol–water partition coefficient (Wildman–Crippen LogP) is 1.91. The number of rotatable bonds is 4. The first-order valence-electron chi connectivity index (χ1n) is 5.51. The lowest BCUT2D eigenvalue weighted by Gasteiger charge is -2.26. The SMILES string of the molecule is NCCCNC1CSCc2ccccc21. The van der Waals surface area contributed by atoms with Crippen molar-refractivity contribution in [2.24, 2.45) is 5.73 Å². The summed E-state index contributed by atoms with van der Waals surface area (Å²) in [6.07, 6.45) is 1.06. The third-order valence-corrected chi connectivity index (χ3v) is 3.83. The van der Waals surface area contributed by atoms with Crippen LogP contribution in [0.5, 0.6) is 0 Å². The summed E-state index contributed by atoms with van der Waals surface area (Å²) in [4.78, 5) is 0. The van der Waals surface area contributed by atoms with Gasteiger partial charge in [0, 0.05) is 17.5 Å². The molecule has 3 N–H and O–H groups in total. The van der Waals surface area contributed by atoms with Gasteiger partial charge < -0.3 is 11.1 Å². The maximum absolute atomic E-state index is 5.49. The Morgan fingerprint density at radius 2 is 2.27 bits per heavy atom. The molecule has 0 aliphatic carbocycles. The van der Waals surface area contributed by atoms with Gasteiger partial charge in [-0.1, -0.05) is 24.3 Å². The van der Waals surface area contributed by atoms with Crippen molar-refractivity contribution in [3.8, 4) is 0 Å². The van der Waals surface area contributed by atoms with Crippen molar-refractivity contribution in [3.05, 3.63) is 35.4 Å². The minimum absolute atomic E-state index is 0.520. The van der Waals surface area contributed by atoms with Crippen molar-refractivity contribution in [2.45, 2.75) is 18.2 Å². The fourth-order valence-electron chi connectivity index (χ4n) is 1.93. The number of nitrogens with two attached hydrogens (primary N) is 1. The van der Waals surface area contributed by atoms with E-state index in [0.717, 1.165) is 25.3 Å². The Balaban J connectivity index is 2.02. The summed E-state index contributed by atoms with van der Waals surface area (Å²) in [6.45, 7) is 1.80. The zero-order chi connectivity index (χ0) is 10.5. The molecule has 0 spiro atoms. The molecule has 0 aromatic heterocycles. The zero-order valence-electron chi connectivity index (χ0n) is 8.91. The third-order valence-electron chi connectivity index (χ3n) is 2.74. The van der Waals surface area contributed by atoms with Crippen LogP contribution in [0.15, 0.2) is 24.3 Å². The molecular formula is C12H18N2S. The van der Waals surface area contributed by atoms with Gasteiger partial charge in [0.25, 0.3) is 0 Å². The molecule has 0 saturated heterocycles. The number of fused-ring (bicyclic) bond motifs is 1. The summed E-state index contributed by atoms with van der Waals surface area (Å²) in [6, 6.07) is 9.26. The Morgan fingerprint density at radius 1 is 1.40 bits per heavy atom. The number of hydrogen-bond donors (Lipinski definition) is 2. The molecule has 2 nitrogen and oxygen atoms in total. The number of hydrogen-bond acceptors (Lipinski definition) is 3. The van der Waals surface area contributed by atoms with E-state index in [0.29, 0.717) is 6.04 Å². The van der Waals surface area contributed by atoms with Crippen LogP contribution < -0.4 is 11.1 Å². The van der Waals surface area contributed by atoms with Crippen LogP contribution in [0.25, 0.3) is 0 Å². The molecule has 82 valence electrons. The average molecular weight is 222 g/mol. The van der Waals surface area contributed by atoms with Crippen molar-refractivity contribution < 1.29 is 0 Å². The topological polar surface area (TPSA) is 38.0 Å². The second-order valence-electron chi connectivity index (χ2n) is 3.86. The van der Waals surface area contributed by atoms with Gasteiger partial charge in [-0.25, -0.2) is 0 Å². The van der Waals surface area contributed by atoms with Crippen LogP contribution in [0.4, 0.5) is 0 Å². The maximum atomic E-state index is 5.49. The molecular weight excluding hydrogens is 204 g/mol. The molecule has 0 saturated carbocycles. The van der Waals surface area contributed by atoms with Gasteiger partial charge in [-0.05, 0) is 30.6 Å². The lowest BCUT2D eigenvalue weighted by atomic mass is 10.0. The van der Waals surface area contributed by atoms with Gasteiger partial charge in [0.15, 0.2) is 0 Å². The van der Waals surface area contributed by atoms with Crippen LogP contribution in [0.3, 0.4) is 0 Å². The van der Waals surface area contributed by atoms with Crippen molar-refractivity contribution in [1.82, 2.24) is 5.32 Å². The van der Waals surface area contributed by atoms with Gasteiger partial charge in [-0.2, -0.15) is 11.8 Å². The largest absolute Gasteiger partial charge is 0.330 e. The van der Waals surface area contributed by atoms with Crippen LogP contribution in [-0.4, -0.2) is 18.8 Å². The molecule has 3 heteroatoms. The van der Waals surface area contributed by atoms with E-state index < -0.39 is 0 Å². The van der Waals surface area contributed by atoms with Crippen LogP contribution in [-0.2, 0) is 5.75 Å². The molecule has 0 fully saturated rings. The normalized spacial score (nSPS) is 19.9. The highest BCUT2D eigenvalue weighted by molar-refractivity contribution is 7.98. The highest BCUT2D eigenvalue weighted by Gasteiger charge is 2.18. The number of benzene rings is 1. The molecule has 0 radical (unpaired) electrons. The quantitative estimate of drug-likeness (QED) is 0.764. The Bertz CT molecular complexity index is 314. The lowest BCUT2D eigenvalue weighted by molar-refractivity contribution is 0.562. The van der Waals surface area contributed by atoms with Gasteiger partial charge >= 0.3 is 0 Å². The molecule has 1 aromatic rings. The van der Waals surface area contributed by atoms with Crippen molar-refractivity contribution in [3.63, 3.8) is 0 Å². The van der Waals surface area contributed by atoms with Gasteiger partial charge in [0.2, 0.25) is 0 Å². The summed E-state index contributed by atoms with van der Waals surface area (Å²) < 4.78 is 0. The minimum Gasteiger partial charge on any atom is -0.330 e. The van der Waals surface area contributed by atoms with E-state index in [1.807, 2.05) is 11.8 Å². The van der Waals surface area contributed by atoms with E-state index in [1.54, 1.807) is 0 Å². The second-order valence-corrected chi connectivity index (χ2v) is 4.89. The first-order chi connectivity index (χ1) is 7.42. The van der Waals surface area contributed by atoms with Crippen molar-refractivity contribution in [2.75, 3.05) is 18.8 Å². The minimum atomic E-state index is 0.520. The van der Waals surface area contributed by atoms with Crippen LogP contribution in [0, 0.1) is 0 Å². The Kier molecular flexibility index (Phi) is 4.06. The van der Waals surface area contributed by atoms with Crippen molar-refractivity contribution in [1.29, 1.82) is 0 Å². The molecule has 2 rings (SSSR count). The van der Waals surface area contributed by atoms with Gasteiger partial charge in [0.1, 0.15) is 0 Å². The maximum Gasteiger partial charge on any atom is 0.0415 e. The van der Waals surface area contributed by atoms with Crippen LogP contribution >= 0.6 is 11.8 Å². The standard InChI is InChI=1S/C12H18N2S/c13-6-3-7-14-12-9-15-8-10-4-1-2-5-11(10)12/h1-2,4-5,12,14H,3,6-9,13H2. The molecule has 1 unspecified atom stereocenters. The summed E-state index contributed by atoms with van der Waals surface area (Å²) in [7, 11) is 0. The molecule has 0 bridgehead atoms. The molecule has 1 aromatic carbocycles. The zero-order valence-corrected chi connectivity index (χ0v) is 9.72. The van der Waals surface area contributed by atoms with Gasteiger partial charge in [0.05, 0.1) is 0 Å². The van der Waals surface area contributed by atoms with E-state index in [1.165, 1.54) is 16.9 Å². The Labute approximate surface area is 95.6 Å². The Hall–Kier alpha value is -0.510. The van der Waals surface area contributed by atoms with E-state index >= 15 is 0 Å². The number of thioether (sulfide) groups is 1. The van der Waals surface area contributed by atoms with Gasteiger partial charge in [-0.15, -0.1) is 0 Å². The van der Waals surface area contributed by atoms with E-state index in [4.69, 9.17) is 5.73 Å². The summed E-state index contributed by atoms with van der Waals surface area (Å²) in [5.41, 5.74) is 8.46. The molecule has 1 atom stereocenters. The highest BCUT2D eigenvalue weighted by Crippen LogP contribution is 2.31. The van der Waals surface area contributed by atoms with E-state index in [9.17, 15) is 0 Å². The van der Waals surface area contributed by atoms with Crippen LogP contribution in [0.2, 0.25) is 0 Å². The van der Waals surface area contributed by atoms with Crippen LogP contribution in [0.1, 0.15) is 23.6 Å². The third kappa shape index (κ3) is 2.74. The summed E-state index contributed by atoms with van der Waals surface area (Å²) >= 11 is 2.01. The fourth-order valence-corrected chi connectivity index (χ4v) is 3.06. The lowest BCUT2D eigenvalue weighted by Crippen LogP contribution is -2.28. The Morgan fingerprint density at radius 3 is 3.13 bits per heavy atom. The molecule has 0 amide bonds. The summed E-state index contributed by atoms with van der Waals surface area (Å²) in [5.74, 6) is 2.34. The molecule has 15 heavy (non-hydrogen) atoms.